The molecule has 4 heterocycles. The molecule has 0 unspecified atom stereocenters. The van der Waals surface area contributed by atoms with Gasteiger partial charge in [-0.25, -0.2) is 4.39 Å². The number of morpholine rings is 1. The number of benzene rings is 2. The van der Waals surface area contributed by atoms with Crippen molar-refractivity contribution < 1.29 is 13.9 Å². The number of anilines is 2. The van der Waals surface area contributed by atoms with Gasteiger partial charge in [-0.1, -0.05) is 6.07 Å². The minimum atomic E-state index is -0.347. The molecular formula is C33H35FN6O2S. The summed E-state index contributed by atoms with van der Waals surface area (Å²) >= 11 is 5.84. The Morgan fingerprint density at radius 1 is 1.05 bits per heavy atom. The number of amides is 1. The lowest BCUT2D eigenvalue weighted by molar-refractivity contribution is -0.116. The molecule has 1 amide bonds. The minimum absolute atomic E-state index is 0.166. The molecule has 2 N–H and O–H groups in total. The Labute approximate surface area is 256 Å². The molecule has 10 heteroatoms. The van der Waals surface area contributed by atoms with Crippen LogP contribution in [0, 0.1) is 19.7 Å². The van der Waals surface area contributed by atoms with Crippen molar-refractivity contribution in [1.82, 2.24) is 19.8 Å². The number of halogens is 1. The molecule has 2 fully saturated rings. The van der Waals surface area contributed by atoms with Gasteiger partial charge in [-0.15, -0.1) is 0 Å². The molecule has 2 aliphatic rings. The maximum Gasteiger partial charge on any atom is 0.226 e. The molecule has 2 atom stereocenters. The number of pyridine rings is 1. The largest absolute Gasteiger partial charge is 0.378 e. The summed E-state index contributed by atoms with van der Waals surface area (Å²) in [5, 5.41) is 6.92. The molecule has 0 spiro atoms. The molecule has 0 saturated carbocycles. The second kappa shape index (κ2) is 12.5. The van der Waals surface area contributed by atoms with Crippen molar-refractivity contribution in [2.75, 3.05) is 43.1 Å². The van der Waals surface area contributed by atoms with Crippen molar-refractivity contribution in [2.45, 2.75) is 32.4 Å². The third kappa shape index (κ3) is 6.11. The third-order valence-corrected chi connectivity index (χ3v) is 8.53. The first-order valence-electron chi connectivity index (χ1n) is 14.5. The van der Waals surface area contributed by atoms with Crippen molar-refractivity contribution in [3.05, 3.63) is 107 Å². The van der Waals surface area contributed by atoms with E-state index in [1.165, 1.54) is 17.8 Å². The molecule has 6 rings (SSSR count). The summed E-state index contributed by atoms with van der Waals surface area (Å²) in [6, 6.07) is 22.2. The maximum absolute atomic E-state index is 13.3. The monoisotopic (exact) mass is 598 g/mol. The Kier molecular flexibility index (Phi) is 8.40. The predicted molar refractivity (Wildman–Crippen MR) is 170 cm³/mol. The van der Waals surface area contributed by atoms with Crippen LogP contribution < -0.4 is 15.5 Å². The number of aromatic nitrogens is 2. The van der Waals surface area contributed by atoms with Gasteiger partial charge in [-0.3, -0.25) is 9.78 Å². The highest BCUT2D eigenvalue weighted by molar-refractivity contribution is 7.80. The molecular weight excluding hydrogens is 563 g/mol. The Morgan fingerprint density at radius 3 is 2.47 bits per heavy atom. The molecule has 0 aliphatic carbocycles. The first-order chi connectivity index (χ1) is 20.9. The Balaban J connectivity index is 1.28. The summed E-state index contributed by atoms with van der Waals surface area (Å²) in [6.07, 6.45) is 2.00. The van der Waals surface area contributed by atoms with Crippen LogP contribution in [-0.4, -0.2) is 58.3 Å². The van der Waals surface area contributed by atoms with E-state index in [1.54, 1.807) is 18.3 Å². The van der Waals surface area contributed by atoms with E-state index >= 15 is 0 Å². The summed E-state index contributed by atoms with van der Waals surface area (Å²) in [6.45, 7) is 7.95. The number of nitrogens with zero attached hydrogens (tertiary/aromatic N) is 4. The van der Waals surface area contributed by atoms with Crippen LogP contribution in [-0.2, 0) is 9.53 Å². The lowest BCUT2D eigenvalue weighted by atomic mass is 9.96. The fourth-order valence-electron chi connectivity index (χ4n) is 6.08. The zero-order valence-corrected chi connectivity index (χ0v) is 25.1. The molecule has 43 heavy (non-hydrogen) atoms. The quantitative estimate of drug-likeness (QED) is 0.261. The summed E-state index contributed by atoms with van der Waals surface area (Å²) in [5.41, 5.74) is 7.06. The van der Waals surface area contributed by atoms with Crippen molar-refractivity contribution in [3.8, 4) is 5.69 Å². The number of hydrogen-bond donors (Lipinski definition) is 2. The van der Waals surface area contributed by atoms with Crippen molar-refractivity contribution >= 4 is 34.6 Å². The molecule has 0 bridgehead atoms. The average molecular weight is 599 g/mol. The summed E-state index contributed by atoms with van der Waals surface area (Å²) in [5.74, 6) is -0.513. The van der Waals surface area contributed by atoms with Gasteiger partial charge in [-0.05, 0) is 98.4 Å². The second-order valence-corrected chi connectivity index (χ2v) is 11.3. The summed E-state index contributed by atoms with van der Waals surface area (Å²) in [7, 11) is 0. The fraction of sp³-hybridized carbons (Fsp3) is 0.303. The van der Waals surface area contributed by atoms with Gasteiger partial charge in [0.05, 0.1) is 31.0 Å². The number of nitrogens with one attached hydrogen (secondary N) is 2. The van der Waals surface area contributed by atoms with Crippen LogP contribution in [0.5, 0.6) is 0 Å². The number of ether oxygens (including phenoxy) is 1. The third-order valence-electron chi connectivity index (χ3n) is 8.18. The fourth-order valence-corrected chi connectivity index (χ4v) is 6.41. The van der Waals surface area contributed by atoms with E-state index in [9.17, 15) is 9.18 Å². The first-order valence-corrected chi connectivity index (χ1v) is 15.0. The van der Waals surface area contributed by atoms with Crippen LogP contribution in [0.25, 0.3) is 5.69 Å². The number of rotatable bonds is 8. The summed E-state index contributed by atoms with van der Waals surface area (Å²) in [4.78, 5) is 22.0. The van der Waals surface area contributed by atoms with E-state index in [0.717, 1.165) is 54.6 Å². The molecule has 2 aromatic carbocycles. The zero-order valence-electron chi connectivity index (χ0n) is 24.3. The topological polar surface area (TPSA) is 74.7 Å². The van der Waals surface area contributed by atoms with Gasteiger partial charge < -0.3 is 29.7 Å². The van der Waals surface area contributed by atoms with Gasteiger partial charge >= 0.3 is 0 Å². The van der Waals surface area contributed by atoms with Crippen LogP contribution in [0.15, 0.2) is 79.0 Å². The number of thiocarbonyl (C=S) groups is 1. The Hall–Kier alpha value is -4.28. The second-order valence-electron chi connectivity index (χ2n) is 10.9. The average Bonchev–Trinajstić information content (AvgIpc) is 3.52. The molecule has 8 nitrogen and oxygen atoms in total. The van der Waals surface area contributed by atoms with E-state index in [1.807, 2.05) is 18.2 Å². The number of aryl methyl sites for hydroxylation is 1. The standard InChI is InChI=1S/C33H35FN6O2S/c1-22-21-28(23(2)40(22)27-12-10-26(11-13-27)38-17-19-42-20-18-38)32-31(29-5-3-4-15-35-29)37-33(43)39(32)16-14-30(41)36-25-8-6-24(34)7-9-25/h3-13,15,21,31-32H,14,16-20H2,1-2H3,(H,36,41)(H,37,43)/t31-,32-/m0/s1. The van der Waals surface area contributed by atoms with E-state index in [-0.39, 0.29) is 30.2 Å². The highest BCUT2D eigenvalue weighted by atomic mass is 32.1. The molecule has 2 saturated heterocycles. The van der Waals surface area contributed by atoms with E-state index in [2.05, 4.69) is 74.2 Å². The van der Waals surface area contributed by atoms with Gasteiger partial charge in [0.2, 0.25) is 5.91 Å². The zero-order chi connectivity index (χ0) is 29.9. The maximum atomic E-state index is 13.3. The van der Waals surface area contributed by atoms with Crippen LogP contribution in [0.2, 0.25) is 0 Å². The van der Waals surface area contributed by atoms with Crippen molar-refractivity contribution in [2.24, 2.45) is 0 Å². The van der Waals surface area contributed by atoms with Gasteiger partial charge in [0, 0.05) is 60.7 Å². The molecule has 2 aliphatic heterocycles. The van der Waals surface area contributed by atoms with E-state index in [4.69, 9.17) is 17.0 Å². The highest BCUT2D eigenvalue weighted by Crippen LogP contribution is 2.41. The van der Waals surface area contributed by atoms with Crippen molar-refractivity contribution in [1.29, 1.82) is 0 Å². The summed E-state index contributed by atoms with van der Waals surface area (Å²) < 4.78 is 21.1. The van der Waals surface area contributed by atoms with Crippen molar-refractivity contribution in [3.63, 3.8) is 0 Å². The lowest BCUT2D eigenvalue weighted by Crippen LogP contribution is -2.36. The predicted octanol–water partition coefficient (Wildman–Crippen LogP) is 5.47. The number of carbonyl (C=O) groups is 1. The van der Waals surface area contributed by atoms with Gasteiger partial charge in [0.1, 0.15) is 5.82 Å². The Bertz CT molecular complexity index is 1590. The van der Waals surface area contributed by atoms with Crippen LogP contribution in [0.1, 0.15) is 41.1 Å². The van der Waals surface area contributed by atoms with E-state index in [0.29, 0.717) is 17.3 Å². The molecule has 4 aromatic rings. The van der Waals surface area contributed by atoms with Crippen LogP contribution in [0.4, 0.5) is 15.8 Å². The molecule has 2 aromatic heterocycles. The first kappa shape index (κ1) is 28.8. The van der Waals surface area contributed by atoms with Gasteiger partial charge in [0.15, 0.2) is 5.11 Å². The van der Waals surface area contributed by atoms with Gasteiger partial charge in [0.25, 0.3) is 0 Å². The number of hydrogen-bond acceptors (Lipinski definition) is 5. The molecule has 0 radical (unpaired) electrons. The smallest absolute Gasteiger partial charge is 0.226 e. The van der Waals surface area contributed by atoms with Crippen LogP contribution in [0.3, 0.4) is 0 Å². The number of carbonyl (C=O) groups excluding carboxylic acids is 1. The SMILES string of the molecule is Cc1cc([C@H]2[C@H](c3ccccn3)NC(=S)N2CCC(=O)Nc2ccc(F)cc2)c(C)n1-c1ccc(N2CCOCC2)cc1. The Morgan fingerprint density at radius 2 is 1.77 bits per heavy atom. The molecule has 222 valence electrons. The lowest BCUT2D eigenvalue weighted by Gasteiger charge is -2.29. The minimum Gasteiger partial charge on any atom is -0.378 e. The highest BCUT2D eigenvalue weighted by Gasteiger charge is 2.41. The van der Waals surface area contributed by atoms with Gasteiger partial charge in [-0.2, -0.15) is 0 Å². The normalized spacial score (nSPS) is 18.5. The van der Waals surface area contributed by atoms with E-state index < -0.39 is 0 Å². The van der Waals surface area contributed by atoms with Crippen LogP contribution >= 0.6 is 12.2 Å².